The molecule has 0 saturated heterocycles. The number of rotatable bonds is 9. The van der Waals surface area contributed by atoms with Crippen LogP contribution in [0.3, 0.4) is 0 Å². The van der Waals surface area contributed by atoms with Gasteiger partial charge in [-0.3, -0.25) is 4.79 Å². The number of nitrogens with zero attached hydrogens (tertiary/aromatic N) is 1. The van der Waals surface area contributed by atoms with Crippen LogP contribution in [0, 0.1) is 5.92 Å². The van der Waals surface area contributed by atoms with Crippen molar-refractivity contribution in [2.75, 3.05) is 30.8 Å². The maximum atomic E-state index is 10.7. The summed E-state index contributed by atoms with van der Waals surface area (Å²) in [6.45, 7) is 1.20. The molecule has 132 valence electrons. The van der Waals surface area contributed by atoms with E-state index in [1.807, 2.05) is 49.5 Å². The molecule has 2 aromatic rings. The van der Waals surface area contributed by atoms with Crippen LogP contribution in [-0.4, -0.2) is 36.3 Å². The molecule has 0 amide bonds. The highest BCUT2D eigenvalue weighted by atomic mass is 16.5. The van der Waals surface area contributed by atoms with Gasteiger partial charge in [-0.25, -0.2) is 4.98 Å². The van der Waals surface area contributed by atoms with Gasteiger partial charge in [-0.05, 0) is 48.1 Å². The molecule has 1 aromatic carbocycles. The van der Waals surface area contributed by atoms with Crippen LogP contribution in [-0.2, 0) is 4.79 Å². The number of hydrogen-bond donors (Lipinski definition) is 3. The van der Waals surface area contributed by atoms with Crippen molar-refractivity contribution in [3.05, 3.63) is 48.0 Å². The van der Waals surface area contributed by atoms with Crippen molar-refractivity contribution in [1.29, 1.82) is 0 Å². The highest BCUT2D eigenvalue weighted by Crippen LogP contribution is 2.49. The Bertz CT molecular complexity index is 718. The molecular formula is C19H23N3O3. The van der Waals surface area contributed by atoms with E-state index in [2.05, 4.69) is 15.6 Å². The van der Waals surface area contributed by atoms with Gasteiger partial charge in [0.1, 0.15) is 24.0 Å². The van der Waals surface area contributed by atoms with E-state index in [0.717, 1.165) is 23.8 Å². The largest absolute Gasteiger partial charge is 0.492 e. The number of carboxylic acids is 1. The minimum atomic E-state index is -0.713. The van der Waals surface area contributed by atoms with E-state index in [0.29, 0.717) is 19.1 Å². The zero-order chi connectivity index (χ0) is 17.6. The first-order chi connectivity index (χ1) is 12.2. The fourth-order valence-corrected chi connectivity index (χ4v) is 2.94. The number of ether oxygens (including phenoxy) is 1. The zero-order valence-electron chi connectivity index (χ0n) is 14.2. The van der Waals surface area contributed by atoms with Crippen LogP contribution in [0.1, 0.15) is 24.3 Å². The molecule has 0 spiro atoms. The predicted molar refractivity (Wildman–Crippen MR) is 97.3 cm³/mol. The van der Waals surface area contributed by atoms with Crippen molar-refractivity contribution < 1.29 is 14.6 Å². The van der Waals surface area contributed by atoms with Gasteiger partial charge in [0, 0.05) is 13.5 Å². The molecule has 1 aliphatic rings. The second-order valence-corrected chi connectivity index (χ2v) is 6.20. The first kappa shape index (κ1) is 17.1. The molecule has 1 heterocycles. The van der Waals surface area contributed by atoms with E-state index in [9.17, 15) is 4.79 Å². The molecule has 2 unspecified atom stereocenters. The minimum Gasteiger partial charge on any atom is -0.492 e. The Balaban J connectivity index is 1.41. The van der Waals surface area contributed by atoms with Crippen LogP contribution >= 0.6 is 0 Å². The lowest BCUT2D eigenvalue weighted by molar-refractivity contribution is -0.137. The van der Waals surface area contributed by atoms with Crippen molar-refractivity contribution in [1.82, 2.24) is 4.98 Å². The van der Waals surface area contributed by atoms with Gasteiger partial charge in [0.2, 0.25) is 0 Å². The SMILES string of the molecule is CNc1cccc(NCCOc2ccc(C3CC3CC(=O)O)cc2)n1. The summed E-state index contributed by atoms with van der Waals surface area (Å²) in [6.07, 6.45) is 1.23. The maximum Gasteiger partial charge on any atom is 0.303 e. The second kappa shape index (κ2) is 7.88. The van der Waals surface area contributed by atoms with E-state index in [1.165, 1.54) is 5.56 Å². The molecule has 3 rings (SSSR count). The lowest BCUT2D eigenvalue weighted by atomic mass is 10.1. The Morgan fingerprint density at radius 2 is 2.00 bits per heavy atom. The maximum absolute atomic E-state index is 10.7. The summed E-state index contributed by atoms with van der Waals surface area (Å²) in [5.74, 6) is 2.41. The molecule has 1 saturated carbocycles. The van der Waals surface area contributed by atoms with Crippen LogP contribution < -0.4 is 15.4 Å². The summed E-state index contributed by atoms with van der Waals surface area (Å²) >= 11 is 0. The van der Waals surface area contributed by atoms with Crippen molar-refractivity contribution in [2.45, 2.75) is 18.8 Å². The summed E-state index contributed by atoms with van der Waals surface area (Å²) < 4.78 is 5.73. The molecule has 1 aromatic heterocycles. The molecule has 2 atom stereocenters. The van der Waals surface area contributed by atoms with Gasteiger partial charge in [0.25, 0.3) is 0 Å². The number of nitrogens with one attached hydrogen (secondary N) is 2. The van der Waals surface area contributed by atoms with Crippen molar-refractivity contribution in [3.8, 4) is 5.75 Å². The van der Waals surface area contributed by atoms with Crippen LogP contribution in [0.15, 0.2) is 42.5 Å². The van der Waals surface area contributed by atoms with Crippen LogP contribution in [0.5, 0.6) is 5.75 Å². The summed E-state index contributed by atoms with van der Waals surface area (Å²) in [4.78, 5) is 15.1. The summed E-state index contributed by atoms with van der Waals surface area (Å²) in [6, 6.07) is 13.7. The van der Waals surface area contributed by atoms with E-state index >= 15 is 0 Å². The monoisotopic (exact) mass is 341 g/mol. The summed E-state index contributed by atoms with van der Waals surface area (Å²) in [5, 5.41) is 15.1. The number of anilines is 2. The van der Waals surface area contributed by atoms with Gasteiger partial charge >= 0.3 is 5.97 Å². The fraction of sp³-hybridized carbons (Fsp3) is 0.368. The lowest BCUT2D eigenvalue weighted by Gasteiger charge is -2.09. The van der Waals surface area contributed by atoms with E-state index in [1.54, 1.807) is 0 Å². The number of carbonyl (C=O) groups is 1. The number of pyridine rings is 1. The lowest BCUT2D eigenvalue weighted by Crippen LogP contribution is -2.12. The van der Waals surface area contributed by atoms with Gasteiger partial charge < -0.3 is 20.5 Å². The van der Waals surface area contributed by atoms with Crippen molar-refractivity contribution in [2.24, 2.45) is 5.92 Å². The quantitative estimate of drug-likeness (QED) is 0.608. The molecule has 3 N–H and O–H groups in total. The first-order valence-corrected chi connectivity index (χ1v) is 8.49. The number of hydrogen-bond acceptors (Lipinski definition) is 5. The summed E-state index contributed by atoms with van der Waals surface area (Å²) in [7, 11) is 1.84. The smallest absolute Gasteiger partial charge is 0.303 e. The van der Waals surface area contributed by atoms with Gasteiger partial charge in [-0.15, -0.1) is 0 Å². The van der Waals surface area contributed by atoms with Crippen LogP contribution in [0.4, 0.5) is 11.6 Å². The number of carboxylic acid groups (broad SMARTS) is 1. The molecular weight excluding hydrogens is 318 g/mol. The molecule has 25 heavy (non-hydrogen) atoms. The average molecular weight is 341 g/mol. The third-order valence-corrected chi connectivity index (χ3v) is 4.35. The van der Waals surface area contributed by atoms with Gasteiger partial charge in [0.15, 0.2) is 0 Å². The van der Waals surface area contributed by atoms with Gasteiger partial charge in [0.05, 0.1) is 6.54 Å². The van der Waals surface area contributed by atoms with Crippen LogP contribution in [0.25, 0.3) is 0 Å². The fourth-order valence-electron chi connectivity index (χ4n) is 2.94. The third kappa shape index (κ3) is 4.86. The van der Waals surface area contributed by atoms with Crippen molar-refractivity contribution >= 4 is 17.6 Å². The summed E-state index contributed by atoms with van der Waals surface area (Å²) in [5.41, 5.74) is 1.20. The van der Waals surface area contributed by atoms with Crippen LogP contribution in [0.2, 0.25) is 0 Å². The standard InChI is InChI=1S/C19H23N3O3/c1-20-17-3-2-4-18(22-17)21-9-10-25-15-7-5-13(6-8-15)16-11-14(16)12-19(23)24/h2-8,14,16H,9-12H2,1H3,(H,23,24)(H2,20,21,22). The molecule has 0 aliphatic heterocycles. The number of aliphatic carboxylic acids is 1. The Hall–Kier alpha value is -2.76. The molecule has 6 nitrogen and oxygen atoms in total. The Morgan fingerprint density at radius 1 is 1.24 bits per heavy atom. The molecule has 6 heteroatoms. The van der Waals surface area contributed by atoms with E-state index < -0.39 is 5.97 Å². The number of benzene rings is 1. The Morgan fingerprint density at radius 3 is 2.72 bits per heavy atom. The van der Waals surface area contributed by atoms with Crippen molar-refractivity contribution in [3.63, 3.8) is 0 Å². The third-order valence-electron chi connectivity index (χ3n) is 4.35. The molecule has 0 bridgehead atoms. The zero-order valence-corrected chi connectivity index (χ0v) is 14.2. The van der Waals surface area contributed by atoms with E-state index in [4.69, 9.17) is 9.84 Å². The topological polar surface area (TPSA) is 83.5 Å². The molecule has 1 fully saturated rings. The Kier molecular flexibility index (Phi) is 5.38. The van der Waals surface area contributed by atoms with E-state index in [-0.39, 0.29) is 12.3 Å². The molecule has 0 radical (unpaired) electrons. The molecule has 1 aliphatic carbocycles. The predicted octanol–water partition coefficient (Wildman–Crippen LogP) is 3.19. The number of aromatic nitrogens is 1. The second-order valence-electron chi connectivity index (χ2n) is 6.20. The van der Waals surface area contributed by atoms with Gasteiger partial charge in [-0.1, -0.05) is 18.2 Å². The Labute approximate surface area is 147 Å². The highest BCUT2D eigenvalue weighted by molar-refractivity contribution is 5.67. The highest BCUT2D eigenvalue weighted by Gasteiger charge is 2.39. The van der Waals surface area contributed by atoms with Gasteiger partial charge in [-0.2, -0.15) is 0 Å². The minimum absolute atomic E-state index is 0.261. The average Bonchev–Trinajstić information content (AvgIpc) is 3.38. The first-order valence-electron chi connectivity index (χ1n) is 8.49. The normalized spacial score (nSPS) is 18.4.